The molecule has 0 spiro atoms. The van der Waals surface area contributed by atoms with Crippen LogP contribution in [0.15, 0.2) is 54.7 Å². The molecule has 4 rings (SSSR count). The molecule has 0 atom stereocenters. The normalized spacial score (nSPS) is 11.9. The van der Waals surface area contributed by atoms with Gasteiger partial charge in [0.2, 0.25) is 0 Å². The number of rotatable bonds is 2. The van der Waals surface area contributed by atoms with Crippen LogP contribution in [0.3, 0.4) is 0 Å². The molecule has 2 aromatic heterocycles. The molecule has 0 saturated carbocycles. The predicted octanol–water partition coefficient (Wildman–Crippen LogP) is 5.38. The van der Waals surface area contributed by atoms with E-state index in [-0.39, 0.29) is 28.3 Å². The fourth-order valence-electron chi connectivity index (χ4n) is 3.05. The van der Waals surface area contributed by atoms with Crippen molar-refractivity contribution in [1.29, 1.82) is 0 Å². The zero-order valence-electron chi connectivity index (χ0n) is 14.4. The zero-order valence-corrected chi connectivity index (χ0v) is 14.4. The van der Waals surface area contributed by atoms with Gasteiger partial charge in [-0.25, -0.2) is 13.8 Å². The van der Waals surface area contributed by atoms with Gasteiger partial charge in [-0.15, -0.1) is 0 Å². The monoisotopic (exact) mass is 406 g/mol. The van der Waals surface area contributed by atoms with Crippen molar-refractivity contribution in [3.8, 4) is 34.1 Å². The first-order chi connectivity index (χ1) is 13.7. The fourth-order valence-corrected chi connectivity index (χ4v) is 3.05. The highest BCUT2D eigenvalue weighted by Crippen LogP contribution is 2.39. The van der Waals surface area contributed by atoms with E-state index in [4.69, 9.17) is 0 Å². The molecule has 2 N–H and O–H groups in total. The molecule has 9 heteroatoms. The van der Waals surface area contributed by atoms with Crippen LogP contribution >= 0.6 is 0 Å². The average Bonchev–Trinajstić information content (AvgIpc) is 3.03. The van der Waals surface area contributed by atoms with Crippen LogP contribution in [-0.4, -0.2) is 19.6 Å². The largest absolute Gasteiger partial charge is 0.507 e. The number of hydrogen-bond acceptors (Lipinski definition) is 3. The van der Waals surface area contributed by atoms with E-state index in [1.807, 2.05) is 0 Å². The molecule has 0 aliphatic heterocycles. The van der Waals surface area contributed by atoms with Gasteiger partial charge in [0.1, 0.15) is 23.1 Å². The minimum absolute atomic E-state index is 0.0795. The van der Waals surface area contributed by atoms with E-state index in [9.17, 15) is 32.2 Å². The highest BCUT2D eigenvalue weighted by atomic mass is 19.4. The van der Waals surface area contributed by atoms with Gasteiger partial charge in [0.05, 0.1) is 16.6 Å². The van der Waals surface area contributed by atoms with Crippen molar-refractivity contribution in [2.45, 2.75) is 6.18 Å². The first-order valence-corrected chi connectivity index (χ1v) is 8.23. The van der Waals surface area contributed by atoms with Crippen LogP contribution in [0.1, 0.15) is 5.56 Å². The lowest BCUT2D eigenvalue weighted by Crippen LogP contribution is -2.06. The standard InChI is InChI=1S/C20H11F5N2O2/c21-11-7-13(18(29)14(22)8-11)19-26-17(12-3-1-2-4-16(12)28)15-6-5-10(9-27(15)19)20(23,24)25/h1-9,28-29H. The molecule has 0 bridgehead atoms. The molecule has 148 valence electrons. The highest BCUT2D eigenvalue weighted by Gasteiger charge is 2.32. The van der Waals surface area contributed by atoms with E-state index < -0.39 is 34.7 Å². The van der Waals surface area contributed by atoms with Gasteiger partial charge >= 0.3 is 6.18 Å². The summed E-state index contributed by atoms with van der Waals surface area (Å²) in [4.78, 5) is 4.20. The maximum absolute atomic E-state index is 13.8. The minimum atomic E-state index is -4.68. The molecule has 0 radical (unpaired) electrons. The van der Waals surface area contributed by atoms with Crippen molar-refractivity contribution >= 4 is 5.52 Å². The summed E-state index contributed by atoms with van der Waals surface area (Å²) in [5.74, 6) is -3.79. The summed E-state index contributed by atoms with van der Waals surface area (Å²) in [6.07, 6.45) is -3.97. The van der Waals surface area contributed by atoms with Crippen molar-refractivity contribution in [2.75, 3.05) is 0 Å². The number of imidazole rings is 1. The van der Waals surface area contributed by atoms with E-state index in [0.29, 0.717) is 12.3 Å². The third kappa shape index (κ3) is 3.14. The number of alkyl halides is 3. The number of halogens is 5. The van der Waals surface area contributed by atoms with Crippen LogP contribution in [0.5, 0.6) is 11.5 Å². The maximum Gasteiger partial charge on any atom is 0.417 e. The molecule has 4 aromatic rings. The first kappa shape index (κ1) is 18.7. The van der Waals surface area contributed by atoms with Crippen molar-refractivity contribution in [3.63, 3.8) is 0 Å². The zero-order chi connectivity index (χ0) is 20.9. The third-order valence-electron chi connectivity index (χ3n) is 4.39. The topological polar surface area (TPSA) is 57.8 Å². The summed E-state index contributed by atoms with van der Waals surface area (Å²) < 4.78 is 68.2. The molecule has 2 aromatic carbocycles. The van der Waals surface area contributed by atoms with E-state index in [1.165, 1.54) is 12.1 Å². The lowest BCUT2D eigenvalue weighted by Gasteiger charge is -2.09. The van der Waals surface area contributed by atoms with E-state index in [1.54, 1.807) is 12.1 Å². The lowest BCUT2D eigenvalue weighted by atomic mass is 10.1. The number of benzene rings is 2. The van der Waals surface area contributed by atoms with Gasteiger partial charge < -0.3 is 10.2 Å². The Hall–Kier alpha value is -3.62. The summed E-state index contributed by atoms with van der Waals surface area (Å²) in [6, 6.07) is 9.16. The predicted molar refractivity (Wildman–Crippen MR) is 94.3 cm³/mol. The number of nitrogens with zero attached hydrogens (tertiary/aromatic N) is 2. The fraction of sp³-hybridized carbons (Fsp3) is 0.0500. The Morgan fingerprint density at radius 1 is 0.897 bits per heavy atom. The van der Waals surface area contributed by atoms with Crippen LogP contribution in [0, 0.1) is 11.6 Å². The Morgan fingerprint density at radius 3 is 2.31 bits per heavy atom. The Kier molecular flexibility index (Phi) is 4.18. The van der Waals surface area contributed by atoms with Gasteiger partial charge in [0.15, 0.2) is 11.6 Å². The SMILES string of the molecule is Oc1ccccc1-c1nc(-c2cc(F)cc(F)c2O)n2cc(C(F)(F)F)ccc12. The van der Waals surface area contributed by atoms with Crippen LogP contribution in [-0.2, 0) is 6.18 Å². The molecule has 29 heavy (non-hydrogen) atoms. The van der Waals surface area contributed by atoms with Gasteiger partial charge in [-0.2, -0.15) is 13.2 Å². The second-order valence-electron chi connectivity index (χ2n) is 6.26. The molecule has 0 aliphatic rings. The Balaban J connectivity index is 2.10. The summed E-state index contributed by atoms with van der Waals surface area (Å²) in [7, 11) is 0. The highest BCUT2D eigenvalue weighted by molar-refractivity contribution is 5.85. The van der Waals surface area contributed by atoms with Crippen molar-refractivity contribution < 1.29 is 32.2 Å². The van der Waals surface area contributed by atoms with E-state index in [2.05, 4.69) is 4.98 Å². The number of aromatic nitrogens is 2. The summed E-state index contributed by atoms with van der Waals surface area (Å²) in [5.41, 5.74) is -1.04. The minimum Gasteiger partial charge on any atom is -0.507 e. The quantitative estimate of drug-likeness (QED) is 0.440. The third-order valence-corrected chi connectivity index (χ3v) is 4.39. The second-order valence-corrected chi connectivity index (χ2v) is 6.26. The van der Waals surface area contributed by atoms with E-state index >= 15 is 0 Å². The van der Waals surface area contributed by atoms with Crippen LogP contribution in [0.4, 0.5) is 22.0 Å². The first-order valence-electron chi connectivity index (χ1n) is 8.23. The van der Waals surface area contributed by atoms with Crippen molar-refractivity contribution in [1.82, 2.24) is 9.38 Å². The van der Waals surface area contributed by atoms with Gasteiger partial charge in [-0.05, 0) is 30.3 Å². The summed E-state index contributed by atoms with van der Waals surface area (Å²) in [6.45, 7) is 0. The average molecular weight is 406 g/mol. The number of fused-ring (bicyclic) bond motifs is 1. The Morgan fingerprint density at radius 2 is 1.62 bits per heavy atom. The van der Waals surface area contributed by atoms with Gasteiger partial charge in [0, 0.05) is 17.8 Å². The number of hydrogen-bond donors (Lipinski definition) is 2. The lowest BCUT2D eigenvalue weighted by molar-refractivity contribution is -0.137. The Bertz CT molecular complexity index is 1250. The van der Waals surface area contributed by atoms with Gasteiger partial charge in [-0.3, -0.25) is 4.40 Å². The molecular formula is C20H11F5N2O2. The Labute approximate surface area is 160 Å². The van der Waals surface area contributed by atoms with Crippen LogP contribution < -0.4 is 0 Å². The van der Waals surface area contributed by atoms with Crippen molar-refractivity contribution in [3.05, 3.63) is 71.9 Å². The van der Waals surface area contributed by atoms with Gasteiger partial charge in [0.25, 0.3) is 0 Å². The van der Waals surface area contributed by atoms with Crippen LogP contribution in [0.25, 0.3) is 28.2 Å². The molecule has 0 aliphatic carbocycles. The maximum atomic E-state index is 13.8. The number of para-hydroxylation sites is 1. The summed E-state index contributed by atoms with van der Waals surface area (Å²) >= 11 is 0. The number of phenolic OH excluding ortho intramolecular Hbond substituents is 2. The molecular weight excluding hydrogens is 395 g/mol. The molecule has 0 amide bonds. The smallest absolute Gasteiger partial charge is 0.417 e. The molecule has 2 heterocycles. The number of aromatic hydroxyl groups is 2. The molecule has 0 saturated heterocycles. The molecule has 4 nitrogen and oxygen atoms in total. The van der Waals surface area contributed by atoms with Crippen LogP contribution in [0.2, 0.25) is 0 Å². The van der Waals surface area contributed by atoms with Crippen molar-refractivity contribution in [2.24, 2.45) is 0 Å². The number of pyridine rings is 1. The molecule has 0 unspecified atom stereocenters. The summed E-state index contributed by atoms with van der Waals surface area (Å²) in [5, 5.41) is 20.2. The molecule has 0 fully saturated rings. The number of phenols is 2. The van der Waals surface area contributed by atoms with E-state index in [0.717, 1.165) is 22.6 Å². The van der Waals surface area contributed by atoms with Gasteiger partial charge in [-0.1, -0.05) is 12.1 Å². The second kappa shape index (κ2) is 6.47.